The van der Waals surface area contributed by atoms with E-state index in [2.05, 4.69) is 10.6 Å². The summed E-state index contributed by atoms with van der Waals surface area (Å²) in [6.45, 7) is 11.7. The first-order valence-electron chi connectivity index (χ1n) is 16.6. The van der Waals surface area contributed by atoms with Crippen molar-refractivity contribution in [3.8, 4) is 0 Å². The molecule has 1 aromatic rings. The van der Waals surface area contributed by atoms with Gasteiger partial charge in [0, 0.05) is 25.3 Å². The molecule has 0 aromatic heterocycles. The van der Waals surface area contributed by atoms with Crippen molar-refractivity contribution in [1.29, 1.82) is 0 Å². The number of amides is 3. The van der Waals surface area contributed by atoms with Crippen molar-refractivity contribution in [3.63, 3.8) is 0 Å². The van der Waals surface area contributed by atoms with Crippen molar-refractivity contribution in [2.75, 3.05) is 18.9 Å². The molecule has 12 nitrogen and oxygen atoms in total. The molecule has 0 aliphatic heterocycles. The normalized spacial score (nSPS) is 16.7. The molecule has 13 heteroatoms. The van der Waals surface area contributed by atoms with E-state index in [4.69, 9.17) is 14.0 Å². The summed E-state index contributed by atoms with van der Waals surface area (Å²) in [5.74, 6) is -1.73. The second kappa shape index (κ2) is 18.6. The van der Waals surface area contributed by atoms with Gasteiger partial charge in [0.15, 0.2) is 0 Å². The molecule has 3 amide bonds. The minimum Gasteiger partial charge on any atom is -0.458 e. The van der Waals surface area contributed by atoms with Crippen LogP contribution in [0.25, 0.3) is 0 Å². The summed E-state index contributed by atoms with van der Waals surface area (Å²) in [5, 5.41) is 16.1. The van der Waals surface area contributed by atoms with Crippen LogP contribution in [0.1, 0.15) is 105 Å². The molecule has 1 aliphatic rings. The van der Waals surface area contributed by atoms with Gasteiger partial charge >= 0.3 is 12.1 Å². The molecular formula is C34H56N3O9P. The van der Waals surface area contributed by atoms with E-state index >= 15 is 0 Å². The number of hydrogen-bond donors (Lipinski definition) is 3. The average Bonchev–Trinajstić information content (AvgIpc) is 2.97. The van der Waals surface area contributed by atoms with E-state index in [1.807, 2.05) is 30.3 Å². The van der Waals surface area contributed by atoms with E-state index in [1.54, 1.807) is 41.5 Å². The van der Waals surface area contributed by atoms with Crippen LogP contribution in [-0.2, 0) is 39.6 Å². The summed E-state index contributed by atoms with van der Waals surface area (Å²) >= 11 is 0. The number of nitrogens with one attached hydrogen (secondary N) is 2. The lowest BCUT2D eigenvalue weighted by molar-refractivity contribution is -0.165. The van der Waals surface area contributed by atoms with Crippen LogP contribution in [0.3, 0.4) is 0 Å². The van der Waals surface area contributed by atoms with Gasteiger partial charge in [-0.25, -0.2) is 14.7 Å². The predicted octanol–water partition coefficient (Wildman–Crippen LogP) is 6.19. The number of hydroxylamine groups is 2. The maximum absolute atomic E-state index is 14.0. The third kappa shape index (κ3) is 16.6. The van der Waals surface area contributed by atoms with Crippen molar-refractivity contribution >= 4 is 31.2 Å². The number of carbonyl (C=O) groups excluding carboxylic acids is 4. The Morgan fingerprint density at radius 2 is 1.57 bits per heavy atom. The topological polar surface area (TPSA) is 161 Å². The van der Waals surface area contributed by atoms with Crippen LogP contribution >= 0.6 is 7.37 Å². The Morgan fingerprint density at radius 1 is 0.957 bits per heavy atom. The number of esters is 1. The predicted molar refractivity (Wildman–Crippen MR) is 179 cm³/mol. The standard InChI is InChI=1S/C34H56N3O9P/c1-25(31(40)45-33(2,3)4)35-30(39)28(36-32(41)46-34(5,6)7)19-20-29(38)37(42)21-14-22-47(43,24-27-17-12-9-13-18-27)44-23-26-15-10-8-11-16-26/h8,10-11,15-16,25,27-28,42H,9,12-14,17-24H2,1-7H3,(H,35,39)(H,36,41). The summed E-state index contributed by atoms with van der Waals surface area (Å²) < 4.78 is 30.6. The smallest absolute Gasteiger partial charge is 0.408 e. The highest BCUT2D eigenvalue weighted by Crippen LogP contribution is 2.51. The molecule has 47 heavy (non-hydrogen) atoms. The fourth-order valence-electron chi connectivity index (χ4n) is 5.20. The first-order chi connectivity index (χ1) is 21.9. The molecule has 0 bridgehead atoms. The van der Waals surface area contributed by atoms with Crippen molar-refractivity contribution in [2.24, 2.45) is 5.92 Å². The highest BCUT2D eigenvalue weighted by atomic mass is 31.2. The number of nitrogens with zero attached hydrogens (tertiary/aromatic N) is 1. The summed E-state index contributed by atoms with van der Waals surface area (Å²) in [7, 11) is -3.05. The van der Waals surface area contributed by atoms with E-state index in [9.17, 15) is 29.0 Å². The van der Waals surface area contributed by atoms with E-state index < -0.39 is 54.5 Å². The number of benzene rings is 1. The summed E-state index contributed by atoms with van der Waals surface area (Å²) in [6, 6.07) is 7.28. The minimum atomic E-state index is -3.05. The van der Waals surface area contributed by atoms with Gasteiger partial charge in [0.2, 0.25) is 19.2 Å². The molecule has 266 valence electrons. The van der Waals surface area contributed by atoms with Crippen LogP contribution in [0.4, 0.5) is 4.79 Å². The van der Waals surface area contributed by atoms with E-state index in [0.717, 1.165) is 31.2 Å². The summed E-state index contributed by atoms with van der Waals surface area (Å²) in [5.41, 5.74) is -0.679. The average molecular weight is 682 g/mol. The van der Waals surface area contributed by atoms with E-state index in [1.165, 1.54) is 13.3 Å². The molecule has 0 radical (unpaired) electrons. The molecular weight excluding hydrogens is 625 g/mol. The van der Waals surface area contributed by atoms with Crippen LogP contribution in [-0.4, -0.2) is 76.3 Å². The second-order valence-corrected chi connectivity index (χ2v) is 17.1. The largest absolute Gasteiger partial charge is 0.458 e. The molecule has 2 rings (SSSR count). The number of alkyl carbamates (subject to hydrolysis) is 1. The zero-order chi connectivity index (χ0) is 35.3. The van der Waals surface area contributed by atoms with Crippen molar-refractivity contribution in [3.05, 3.63) is 35.9 Å². The molecule has 3 N–H and O–H groups in total. The molecule has 3 atom stereocenters. The van der Waals surface area contributed by atoms with E-state index in [0.29, 0.717) is 17.1 Å². The van der Waals surface area contributed by atoms with Gasteiger partial charge in [-0.1, -0.05) is 49.6 Å². The quantitative estimate of drug-likeness (QED) is 0.0800. The van der Waals surface area contributed by atoms with Gasteiger partial charge in [-0.05, 0) is 85.6 Å². The lowest BCUT2D eigenvalue weighted by atomic mass is 9.91. The van der Waals surface area contributed by atoms with Gasteiger partial charge < -0.3 is 24.6 Å². The zero-order valence-electron chi connectivity index (χ0n) is 29.2. The third-order valence-corrected chi connectivity index (χ3v) is 10.2. The number of carbonyl (C=O) groups is 4. The fourth-order valence-corrected chi connectivity index (χ4v) is 7.78. The Kier molecular flexibility index (Phi) is 15.9. The lowest BCUT2D eigenvalue weighted by Crippen LogP contribution is -2.52. The number of ether oxygens (including phenoxy) is 2. The van der Waals surface area contributed by atoms with Gasteiger partial charge in [-0.2, -0.15) is 0 Å². The molecule has 1 saturated carbocycles. The van der Waals surface area contributed by atoms with Gasteiger partial charge in [0.1, 0.15) is 23.3 Å². The monoisotopic (exact) mass is 681 g/mol. The first kappa shape index (κ1) is 40.2. The van der Waals surface area contributed by atoms with Gasteiger partial charge in [-0.3, -0.25) is 19.4 Å². The Bertz CT molecular complexity index is 1210. The lowest BCUT2D eigenvalue weighted by Gasteiger charge is -2.27. The minimum absolute atomic E-state index is 0.0752. The Balaban J connectivity index is 1.99. The summed E-state index contributed by atoms with van der Waals surface area (Å²) in [4.78, 5) is 50.9. The Labute approximate surface area is 280 Å². The fraction of sp³-hybridized carbons (Fsp3) is 0.706. The van der Waals surface area contributed by atoms with Gasteiger partial charge in [0.05, 0.1) is 6.61 Å². The molecule has 1 aromatic carbocycles. The SMILES string of the molecule is CC(NC(=O)C(CCC(=O)N(O)CCCP(=O)(CC1CCCCC1)OCc1ccccc1)NC(=O)OC(C)(C)C)C(=O)OC(C)(C)C. The third-order valence-electron chi connectivity index (χ3n) is 7.50. The molecule has 0 saturated heterocycles. The summed E-state index contributed by atoms with van der Waals surface area (Å²) in [6.07, 6.45) is 5.06. The Hall–Kier alpha value is -2.95. The second-order valence-electron chi connectivity index (χ2n) is 14.4. The molecule has 0 heterocycles. The number of hydrogen-bond acceptors (Lipinski definition) is 9. The van der Waals surface area contributed by atoms with Gasteiger partial charge in [0.25, 0.3) is 0 Å². The highest BCUT2D eigenvalue weighted by Gasteiger charge is 2.31. The van der Waals surface area contributed by atoms with Gasteiger partial charge in [-0.15, -0.1) is 0 Å². The molecule has 3 unspecified atom stereocenters. The maximum Gasteiger partial charge on any atom is 0.408 e. The van der Waals surface area contributed by atoms with Crippen molar-refractivity contribution in [2.45, 2.75) is 130 Å². The highest BCUT2D eigenvalue weighted by molar-refractivity contribution is 7.58. The van der Waals surface area contributed by atoms with Crippen LogP contribution in [0, 0.1) is 5.92 Å². The number of rotatable bonds is 16. The van der Waals surface area contributed by atoms with E-state index in [-0.39, 0.29) is 38.6 Å². The van der Waals surface area contributed by atoms with Crippen LogP contribution < -0.4 is 10.6 Å². The molecule has 0 spiro atoms. The van der Waals surface area contributed by atoms with Crippen LogP contribution in [0.15, 0.2) is 30.3 Å². The first-order valence-corrected chi connectivity index (χ1v) is 18.6. The van der Waals surface area contributed by atoms with Crippen molar-refractivity contribution < 1.29 is 42.9 Å². The zero-order valence-corrected chi connectivity index (χ0v) is 30.1. The van der Waals surface area contributed by atoms with Crippen molar-refractivity contribution in [1.82, 2.24) is 15.7 Å². The maximum atomic E-state index is 14.0. The van der Waals surface area contributed by atoms with Crippen LogP contribution in [0.2, 0.25) is 0 Å². The van der Waals surface area contributed by atoms with Crippen LogP contribution in [0.5, 0.6) is 0 Å². The Morgan fingerprint density at radius 3 is 2.17 bits per heavy atom. The molecule has 1 fully saturated rings. The molecule has 1 aliphatic carbocycles.